The Morgan fingerprint density at radius 3 is 2.74 bits per heavy atom. The van der Waals surface area contributed by atoms with Crippen LogP contribution in [0.3, 0.4) is 0 Å². The first-order chi connectivity index (χ1) is 12.8. The number of nitrogens with zero attached hydrogens (tertiary/aromatic N) is 3. The Kier molecular flexibility index (Phi) is 5.53. The molecular weight excluding hydrogens is 370 g/mol. The van der Waals surface area contributed by atoms with Gasteiger partial charge in [-0.25, -0.2) is 4.79 Å². The minimum atomic E-state index is -0.515. The van der Waals surface area contributed by atoms with Crippen LogP contribution >= 0.6 is 11.6 Å². The third-order valence-electron chi connectivity index (χ3n) is 4.02. The number of pyridine rings is 1. The van der Waals surface area contributed by atoms with Gasteiger partial charge in [0.15, 0.2) is 5.76 Å². The molecule has 0 atom stereocenters. The van der Waals surface area contributed by atoms with Gasteiger partial charge < -0.3 is 19.3 Å². The van der Waals surface area contributed by atoms with Crippen molar-refractivity contribution in [1.29, 1.82) is 0 Å². The van der Waals surface area contributed by atoms with Gasteiger partial charge in [0.2, 0.25) is 0 Å². The van der Waals surface area contributed by atoms with Crippen molar-refractivity contribution in [3.63, 3.8) is 0 Å². The summed E-state index contributed by atoms with van der Waals surface area (Å²) in [5, 5.41) is 13.5. The number of aromatic nitrogens is 2. The van der Waals surface area contributed by atoms with Crippen LogP contribution in [0.5, 0.6) is 0 Å². The van der Waals surface area contributed by atoms with E-state index in [4.69, 9.17) is 26.0 Å². The molecule has 1 amide bonds. The Bertz CT molecular complexity index is 870. The number of rotatable bonds is 3. The summed E-state index contributed by atoms with van der Waals surface area (Å²) >= 11 is 6.42. The summed E-state index contributed by atoms with van der Waals surface area (Å²) in [5.74, 6) is 0.377. The van der Waals surface area contributed by atoms with E-state index in [1.165, 1.54) is 0 Å². The van der Waals surface area contributed by atoms with Gasteiger partial charge in [0.05, 0.1) is 10.7 Å². The van der Waals surface area contributed by atoms with Crippen molar-refractivity contribution in [3.05, 3.63) is 40.9 Å². The summed E-state index contributed by atoms with van der Waals surface area (Å²) < 4.78 is 10.4. The Hall–Kier alpha value is -2.38. The van der Waals surface area contributed by atoms with Crippen LogP contribution in [0, 0.1) is 0 Å². The summed E-state index contributed by atoms with van der Waals surface area (Å²) in [7, 11) is 0. The third kappa shape index (κ3) is 4.67. The van der Waals surface area contributed by atoms with Gasteiger partial charge in [-0.3, -0.25) is 4.98 Å². The molecule has 0 spiro atoms. The van der Waals surface area contributed by atoms with Crippen LogP contribution in [0.4, 0.5) is 4.79 Å². The fourth-order valence-electron chi connectivity index (χ4n) is 2.71. The Morgan fingerprint density at radius 1 is 1.41 bits per heavy atom. The molecule has 0 unspecified atom stereocenters. The lowest BCUT2D eigenvalue weighted by atomic mass is 10.0. The molecule has 144 valence electrons. The van der Waals surface area contributed by atoms with E-state index in [1.807, 2.05) is 26.8 Å². The highest BCUT2D eigenvalue weighted by Gasteiger charge is 2.24. The Balaban J connectivity index is 1.73. The zero-order valence-corrected chi connectivity index (χ0v) is 16.3. The maximum Gasteiger partial charge on any atom is 0.410 e. The standard InChI is InChI=1S/C19H22ClN3O4/c1-19(2,3)26-18(25)23-6-4-12(5-7-23)17-15(20)8-13(10-21-17)16-9-14(11-24)27-22-16/h4,8-10,24H,5-7,11H2,1-3H3. The van der Waals surface area contributed by atoms with Crippen LogP contribution in [0.15, 0.2) is 28.9 Å². The molecule has 2 aromatic heterocycles. The first kappa shape index (κ1) is 19.4. The molecule has 7 nitrogen and oxygen atoms in total. The van der Waals surface area contributed by atoms with E-state index >= 15 is 0 Å². The summed E-state index contributed by atoms with van der Waals surface area (Å²) in [6.45, 7) is 6.32. The van der Waals surface area contributed by atoms with E-state index in [0.717, 1.165) is 5.57 Å². The van der Waals surface area contributed by atoms with E-state index in [1.54, 1.807) is 23.2 Å². The lowest BCUT2D eigenvalue weighted by Crippen LogP contribution is -2.39. The van der Waals surface area contributed by atoms with Crippen molar-refractivity contribution in [2.75, 3.05) is 13.1 Å². The first-order valence-electron chi connectivity index (χ1n) is 8.66. The maximum absolute atomic E-state index is 12.2. The number of aliphatic hydroxyl groups excluding tert-OH is 1. The molecule has 1 aliphatic heterocycles. The van der Waals surface area contributed by atoms with Crippen molar-refractivity contribution >= 4 is 23.3 Å². The summed E-state index contributed by atoms with van der Waals surface area (Å²) in [5.41, 5.74) is 2.43. The van der Waals surface area contributed by atoms with Crippen LogP contribution < -0.4 is 0 Å². The largest absolute Gasteiger partial charge is 0.444 e. The van der Waals surface area contributed by atoms with Crippen molar-refractivity contribution in [3.8, 4) is 11.3 Å². The van der Waals surface area contributed by atoms with Crippen LogP contribution in [0.1, 0.15) is 38.6 Å². The predicted octanol–water partition coefficient (Wildman–Crippen LogP) is 3.91. The number of amides is 1. The summed E-state index contributed by atoms with van der Waals surface area (Å²) in [6, 6.07) is 3.41. The maximum atomic E-state index is 12.2. The minimum Gasteiger partial charge on any atom is -0.444 e. The molecule has 0 aromatic carbocycles. The van der Waals surface area contributed by atoms with Crippen molar-refractivity contribution in [2.45, 2.75) is 39.4 Å². The molecule has 0 saturated heterocycles. The number of aliphatic hydroxyl groups is 1. The van der Waals surface area contributed by atoms with E-state index < -0.39 is 5.60 Å². The van der Waals surface area contributed by atoms with Gasteiger partial charge in [0.25, 0.3) is 0 Å². The molecule has 0 radical (unpaired) electrons. The van der Waals surface area contributed by atoms with Gasteiger partial charge in [-0.15, -0.1) is 0 Å². The van der Waals surface area contributed by atoms with Gasteiger partial charge >= 0.3 is 6.09 Å². The lowest BCUT2D eigenvalue weighted by molar-refractivity contribution is 0.0270. The number of hydrogen-bond acceptors (Lipinski definition) is 6. The fourth-order valence-corrected chi connectivity index (χ4v) is 3.00. The average Bonchev–Trinajstić information content (AvgIpc) is 3.09. The number of carbonyl (C=O) groups excluding carboxylic acids is 1. The molecule has 0 saturated carbocycles. The van der Waals surface area contributed by atoms with Crippen LogP contribution in [-0.4, -0.2) is 44.9 Å². The topological polar surface area (TPSA) is 88.7 Å². The highest BCUT2D eigenvalue weighted by atomic mass is 35.5. The van der Waals surface area contributed by atoms with Gasteiger partial charge in [-0.05, 0) is 38.8 Å². The Labute approximate surface area is 162 Å². The van der Waals surface area contributed by atoms with Gasteiger partial charge in [-0.2, -0.15) is 0 Å². The highest BCUT2D eigenvalue weighted by molar-refractivity contribution is 6.32. The van der Waals surface area contributed by atoms with E-state index in [9.17, 15) is 4.79 Å². The first-order valence-corrected chi connectivity index (χ1v) is 9.04. The van der Waals surface area contributed by atoms with Gasteiger partial charge in [0, 0.05) is 30.9 Å². The van der Waals surface area contributed by atoms with Gasteiger partial charge in [-0.1, -0.05) is 22.8 Å². The highest BCUT2D eigenvalue weighted by Crippen LogP contribution is 2.30. The molecule has 8 heteroatoms. The van der Waals surface area contributed by atoms with Crippen molar-refractivity contribution < 1.29 is 19.2 Å². The van der Waals surface area contributed by atoms with E-state index in [0.29, 0.717) is 47.2 Å². The number of carbonyl (C=O) groups is 1. The molecule has 3 heterocycles. The fraction of sp³-hybridized carbons (Fsp3) is 0.421. The quantitative estimate of drug-likeness (QED) is 0.853. The molecule has 2 aromatic rings. The molecule has 27 heavy (non-hydrogen) atoms. The minimum absolute atomic E-state index is 0.215. The van der Waals surface area contributed by atoms with Crippen molar-refractivity contribution in [1.82, 2.24) is 15.0 Å². The second kappa shape index (κ2) is 7.70. The second-order valence-electron chi connectivity index (χ2n) is 7.30. The van der Waals surface area contributed by atoms with Crippen LogP contribution in [0.25, 0.3) is 16.8 Å². The molecule has 3 rings (SSSR count). The number of hydrogen-bond donors (Lipinski definition) is 1. The van der Waals surface area contributed by atoms with Gasteiger partial charge in [0.1, 0.15) is 17.9 Å². The number of halogens is 1. The van der Waals surface area contributed by atoms with Crippen LogP contribution in [0.2, 0.25) is 5.02 Å². The molecule has 1 aliphatic rings. The summed E-state index contributed by atoms with van der Waals surface area (Å²) in [4.78, 5) is 18.3. The average molecular weight is 392 g/mol. The zero-order valence-electron chi connectivity index (χ0n) is 15.5. The SMILES string of the molecule is CC(C)(C)OC(=O)N1CC=C(c2ncc(-c3cc(CO)on3)cc2Cl)CC1. The van der Waals surface area contributed by atoms with Crippen molar-refractivity contribution in [2.24, 2.45) is 0 Å². The number of ether oxygens (including phenoxy) is 1. The molecular formula is C19H22ClN3O4. The second-order valence-corrected chi connectivity index (χ2v) is 7.70. The van der Waals surface area contributed by atoms with Crippen LogP contribution in [-0.2, 0) is 11.3 Å². The summed E-state index contributed by atoms with van der Waals surface area (Å²) in [6.07, 6.45) is 3.94. The van der Waals surface area contributed by atoms with E-state index in [-0.39, 0.29) is 12.7 Å². The third-order valence-corrected chi connectivity index (χ3v) is 4.30. The normalized spacial score (nSPS) is 14.9. The molecule has 1 N–H and O–H groups in total. The monoisotopic (exact) mass is 391 g/mol. The lowest BCUT2D eigenvalue weighted by Gasteiger charge is -2.29. The molecule has 0 fully saturated rings. The zero-order chi connectivity index (χ0) is 19.6. The molecule has 0 bridgehead atoms. The Morgan fingerprint density at radius 2 is 2.19 bits per heavy atom. The van der Waals surface area contributed by atoms with E-state index in [2.05, 4.69) is 10.1 Å². The smallest absolute Gasteiger partial charge is 0.410 e. The predicted molar refractivity (Wildman–Crippen MR) is 101 cm³/mol. The molecule has 0 aliphatic carbocycles.